The van der Waals surface area contributed by atoms with Crippen molar-refractivity contribution >= 4 is 96.9 Å². The number of fused-ring (bicyclic) bond motifs is 13. The molecule has 0 unspecified atom stereocenters. The van der Waals surface area contributed by atoms with E-state index >= 15 is 0 Å². The first-order chi connectivity index (χ1) is 29.2. The molecule has 4 aromatic heterocycles. The maximum Gasteiger partial charge on any atom is 0.235 e. The second kappa shape index (κ2) is 12.4. The molecule has 9 aromatic carbocycles. The molecule has 59 heavy (non-hydrogen) atoms. The number of hydrogen-bond donors (Lipinski definition) is 0. The molecule has 5 heteroatoms. The molecule has 0 atom stereocenters. The molecule has 0 spiro atoms. The summed E-state index contributed by atoms with van der Waals surface area (Å²) in [7, 11) is 0. The van der Waals surface area contributed by atoms with Crippen molar-refractivity contribution < 1.29 is 4.42 Å². The van der Waals surface area contributed by atoms with Crippen LogP contribution in [0, 0.1) is 0 Å². The Hall–Kier alpha value is -7.60. The highest BCUT2D eigenvalue weighted by molar-refractivity contribution is 7.25. The van der Waals surface area contributed by atoms with Crippen molar-refractivity contribution in [3.8, 4) is 39.5 Å². The van der Waals surface area contributed by atoms with Crippen molar-refractivity contribution in [2.24, 2.45) is 0 Å². The molecule has 4 heterocycles. The summed E-state index contributed by atoms with van der Waals surface area (Å²) < 4.78 is 11.9. The molecule has 0 radical (unpaired) electrons. The van der Waals surface area contributed by atoms with Crippen molar-refractivity contribution in [3.63, 3.8) is 0 Å². The van der Waals surface area contributed by atoms with E-state index in [9.17, 15) is 0 Å². The lowest BCUT2D eigenvalue weighted by atomic mass is 9.94. The minimum Gasteiger partial charge on any atom is -0.455 e. The number of para-hydroxylation sites is 2. The van der Waals surface area contributed by atoms with E-state index in [1.54, 1.807) is 0 Å². The molecule has 0 bridgehead atoms. The Balaban J connectivity index is 1.04. The summed E-state index contributed by atoms with van der Waals surface area (Å²) in [5, 5.41) is 10.3. The van der Waals surface area contributed by atoms with Crippen molar-refractivity contribution in [1.29, 1.82) is 0 Å². The van der Waals surface area contributed by atoms with Crippen molar-refractivity contribution in [1.82, 2.24) is 14.5 Å². The summed E-state index contributed by atoms with van der Waals surface area (Å²) in [6, 6.07) is 67.0. The van der Waals surface area contributed by atoms with E-state index in [0.29, 0.717) is 5.95 Å². The molecule has 4 nitrogen and oxygen atoms in total. The van der Waals surface area contributed by atoms with E-state index in [1.165, 1.54) is 47.6 Å². The molecule has 0 aliphatic rings. The minimum atomic E-state index is 0.622. The van der Waals surface area contributed by atoms with Gasteiger partial charge in [0.05, 0.1) is 27.6 Å². The second-order valence-corrected chi connectivity index (χ2v) is 16.4. The third-order valence-electron chi connectivity index (χ3n) is 12.0. The summed E-state index contributed by atoms with van der Waals surface area (Å²) in [5.74, 6) is 0.622. The normalized spacial score (nSPS) is 12.1. The maximum absolute atomic E-state index is 7.09. The average Bonchev–Trinajstić information content (AvgIpc) is 3.98. The van der Waals surface area contributed by atoms with E-state index in [-0.39, 0.29) is 0 Å². The molecule has 0 N–H and O–H groups in total. The van der Waals surface area contributed by atoms with Crippen LogP contribution in [-0.2, 0) is 0 Å². The monoisotopic (exact) mass is 769 g/mol. The third kappa shape index (κ3) is 4.83. The Labute approximate surface area is 341 Å². The fourth-order valence-corrected chi connectivity index (χ4v) is 10.4. The van der Waals surface area contributed by atoms with Gasteiger partial charge >= 0.3 is 0 Å². The minimum absolute atomic E-state index is 0.622. The SMILES string of the molecule is c1ccc(-c2ccc(-c3nc(-n4c5ccccc5c5c6oc7cc(-c8ccc9sc%10ccccc%10c9c8)c8ccccc8c7c6ccc54)nc4ccccc34)cc2)cc1. The smallest absolute Gasteiger partial charge is 0.235 e. The predicted octanol–water partition coefficient (Wildman–Crippen LogP) is 15.1. The zero-order valence-electron chi connectivity index (χ0n) is 31.6. The van der Waals surface area contributed by atoms with Gasteiger partial charge in [0, 0.05) is 47.3 Å². The van der Waals surface area contributed by atoms with Crippen LogP contribution < -0.4 is 0 Å². The molecule has 0 aliphatic heterocycles. The fraction of sp³-hybridized carbons (Fsp3) is 0. The lowest BCUT2D eigenvalue weighted by Gasteiger charge is -2.12. The van der Waals surface area contributed by atoms with Crippen LogP contribution in [0.2, 0.25) is 0 Å². The molecule has 0 amide bonds. The maximum atomic E-state index is 7.09. The lowest BCUT2D eigenvalue weighted by Crippen LogP contribution is -2.03. The Bertz CT molecular complexity index is 3840. The third-order valence-corrected chi connectivity index (χ3v) is 13.2. The van der Waals surface area contributed by atoms with Gasteiger partial charge in [-0.15, -0.1) is 11.3 Å². The van der Waals surface area contributed by atoms with Crippen LogP contribution in [0.25, 0.3) is 125 Å². The standard InChI is InChI=1S/C54H31N3OS/c1-2-12-32(13-3-1)33-22-24-34(25-23-33)52-39-17-6-9-19-44(39)55-54(56-52)57-45-20-10-7-18-40(45)51-46(57)28-27-41-50-38-16-5-4-14-36(38)42(31-47(50)58-53(41)51)35-26-29-49-43(30-35)37-15-8-11-21-48(37)59-49/h1-31H. The van der Waals surface area contributed by atoms with Gasteiger partial charge in [-0.05, 0) is 81.6 Å². The summed E-state index contributed by atoms with van der Waals surface area (Å²) in [4.78, 5) is 10.6. The van der Waals surface area contributed by atoms with Gasteiger partial charge in [-0.3, -0.25) is 4.57 Å². The van der Waals surface area contributed by atoms with Crippen molar-refractivity contribution in [3.05, 3.63) is 188 Å². The molecule has 0 aliphatic carbocycles. The van der Waals surface area contributed by atoms with Crippen molar-refractivity contribution in [2.75, 3.05) is 0 Å². The molecule has 13 aromatic rings. The Morgan fingerprint density at radius 1 is 0.407 bits per heavy atom. The molecular formula is C54H31N3OS. The summed E-state index contributed by atoms with van der Waals surface area (Å²) in [5.41, 5.74) is 11.3. The first-order valence-electron chi connectivity index (χ1n) is 19.9. The highest BCUT2D eigenvalue weighted by Crippen LogP contribution is 2.46. The average molecular weight is 770 g/mol. The van der Waals surface area contributed by atoms with Crippen LogP contribution >= 0.6 is 11.3 Å². The largest absolute Gasteiger partial charge is 0.455 e. The Kier molecular flexibility index (Phi) is 6.85. The number of aromatic nitrogens is 3. The molecule has 0 saturated heterocycles. The van der Waals surface area contributed by atoms with E-state index < -0.39 is 0 Å². The number of thiophene rings is 1. The van der Waals surface area contributed by atoms with Crippen LogP contribution in [0.3, 0.4) is 0 Å². The number of nitrogens with zero attached hydrogens (tertiary/aromatic N) is 3. The summed E-state index contributed by atoms with van der Waals surface area (Å²) >= 11 is 1.85. The van der Waals surface area contributed by atoms with Gasteiger partial charge in [0.15, 0.2) is 0 Å². The molecular weight excluding hydrogens is 739 g/mol. The first kappa shape index (κ1) is 32.5. The molecule has 274 valence electrons. The summed E-state index contributed by atoms with van der Waals surface area (Å²) in [6.45, 7) is 0. The fourth-order valence-electron chi connectivity index (χ4n) is 9.33. The van der Waals surface area contributed by atoms with Gasteiger partial charge in [-0.1, -0.05) is 140 Å². The van der Waals surface area contributed by atoms with E-state index in [2.05, 4.69) is 180 Å². The van der Waals surface area contributed by atoms with E-state index in [1.807, 2.05) is 23.5 Å². The summed E-state index contributed by atoms with van der Waals surface area (Å²) in [6.07, 6.45) is 0. The van der Waals surface area contributed by atoms with Gasteiger partial charge in [0.1, 0.15) is 11.2 Å². The van der Waals surface area contributed by atoms with Crippen molar-refractivity contribution in [2.45, 2.75) is 0 Å². The van der Waals surface area contributed by atoms with Gasteiger partial charge in [-0.2, -0.15) is 0 Å². The number of benzene rings is 9. The molecule has 0 fully saturated rings. The Morgan fingerprint density at radius 2 is 1.07 bits per heavy atom. The van der Waals surface area contributed by atoms with E-state index in [0.717, 1.165) is 71.5 Å². The number of furan rings is 1. The lowest BCUT2D eigenvalue weighted by molar-refractivity contribution is 0.673. The van der Waals surface area contributed by atoms with Crippen LogP contribution in [0.15, 0.2) is 192 Å². The Morgan fingerprint density at radius 3 is 1.93 bits per heavy atom. The zero-order valence-corrected chi connectivity index (χ0v) is 32.4. The van der Waals surface area contributed by atoms with Crippen LogP contribution in [0.1, 0.15) is 0 Å². The van der Waals surface area contributed by atoms with Crippen LogP contribution in [0.5, 0.6) is 0 Å². The zero-order chi connectivity index (χ0) is 38.6. The first-order valence-corrected chi connectivity index (χ1v) is 20.7. The molecule has 13 rings (SSSR count). The topological polar surface area (TPSA) is 43.9 Å². The van der Waals surface area contributed by atoms with Gasteiger partial charge in [0.25, 0.3) is 0 Å². The van der Waals surface area contributed by atoms with Gasteiger partial charge in [0.2, 0.25) is 5.95 Å². The van der Waals surface area contributed by atoms with E-state index in [4.69, 9.17) is 14.4 Å². The quantitative estimate of drug-likeness (QED) is 0.179. The highest BCUT2D eigenvalue weighted by Gasteiger charge is 2.23. The molecule has 0 saturated carbocycles. The number of rotatable bonds is 4. The second-order valence-electron chi connectivity index (χ2n) is 15.3. The van der Waals surface area contributed by atoms with Gasteiger partial charge in [-0.25, -0.2) is 9.97 Å². The highest BCUT2D eigenvalue weighted by atomic mass is 32.1. The van der Waals surface area contributed by atoms with Gasteiger partial charge < -0.3 is 4.42 Å². The number of hydrogen-bond acceptors (Lipinski definition) is 4. The predicted molar refractivity (Wildman–Crippen MR) is 248 cm³/mol. The van der Waals surface area contributed by atoms with Crippen LogP contribution in [0.4, 0.5) is 0 Å². The van der Waals surface area contributed by atoms with Crippen LogP contribution in [-0.4, -0.2) is 14.5 Å².